The van der Waals surface area contributed by atoms with Crippen molar-refractivity contribution >= 4 is 45.0 Å². The number of nitrogens with one attached hydrogen (secondary N) is 2. The van der Waals surface area contributed by atoms with Crippen LogP contribution < -0.4 is 10.9 Å². The van der Waals surface area contributed by atoms with E-state index in [2.05, 4.69) is 20.4 Å². The highest BCUT2D eigenvalue weighted by atomic mass is 32.2. The first-order chi connectivity index (χ1) is 12.6. The predicted molar refractivity (Wildman–Crippen MR) is 103 cm³/mol. The van der Waals surface area contributed by atoms with Crippen molar-refractivity contribution in [3.63, 3.8) is 0 Å². The highest BCUT2D eigenvalue weighted by molar-refractivity contribution is 7.99. The standard InChI is InChI=1S/C17H18N4O3S2/c1-9-6-12(21-24-9)18-14(22)8-25-7-13-19-16(23)15-10-4-2-3-5-11(10)26-17(15)20-13/h6H,2-5,7-8H2,1H3,(H,18,21,22)(H,19,20,23). The van der Waals surface area contributed by atoms with E-state index in [0.717, 1.165) is 29.5 Å². The lowest BCUT2D eigenvalue weighted by molar-refractivity contribution is -0.113. The van der Waals surface area contributed by atoms with Crippen molar-refractivity contribution in [1.29, 1.82) is 0 Å². The van der Waals surface area contributed by atoms with Crippen molar-refractivity contribution in [2.24, 2.45) is 0 Å². The van der Waals surface area contributed by atoms with Gasteiger partial charge in [-0.3, -0.25) is 9.59 Å². The number of thioether (sulfide) groups is 1. The van der Waals surface area contributed by atoms with Crippen molar-refractivity contribution in [3.8, 4) is 0 Å². The molecule has 0 fully saturated rings. The molecular weight excluding hydrogens is 372 g/mol. The van der Waals surface area contributed by atoms with Crippen molar-refractivity contribution in [2.45, 2.75) is 38.4 Å². The Morgan fingerprint density at radius 3 is 3.08 bits per heavy atom. The number of fused-ring (bicyclic) bond motifs is 3. The fraction of sp³-hybridized carbons (Fsp3) is 0.412. The first kappa shape index (κ1) is 17.3. The summed E-state index contributed by atoms with van der Waals surface area (Å²) in [6.07, 6.45) is 4.33. The van der Waals surface area contributed by atoms with E-state index < -0.39 is 0 Å². The molecule has 0 bridgehead atoms. The summed E-state index contributed by atoms with van der Waals surface area (Å²) in [5, 5.41) is 7.15. The maximum absolute atomic E-state index is 12.5. The molecule has 4 rings (SSSR count). The zero-order chi connectivity index (χ0) is 18.1. The van der Waals surface area contributed by atoms with Crippen LogP contribution in [-0.2, 0) is 23.4 Å². The number of carbonyl (C=O) groups is 1. The Bertz CT molecular complexity index is 1020. The fourth-order valence-electron chi connectivity index (χ4n) is 3.12. The minimum Gasteiger partial charge on any atom is -0.360 e. The van der Waals surface area contributed by atoms with Crippen LogP contribution in [0.25, 0.3) is 10.2 Å². The summed E-state index contributed by atoms with van der Waals surface area (Å²) in [6, 6.07) is 1.66. The van der Waals surface area contributed by atoms with Gasteiger partial charge in [0.15, 0.2) is 5.82 Å². The molecule has 26 heavy (non-hydrogen) atoms. The largest absolute Gasteiger partial charge is 0.360 e. The van der Waals surface area contributed by atoms with Crippen molar-refractivity contribution in [1.82, 2.24) is 15.1 Å². The smallest absolute Gasteiger partial charge is 0.259 e. The molecule has 0 spiro atoms. The molecule has 9 heteroatoms. The third kappa shape index (κ3) is 3.54. The Hall–Kier alpha value is -2.13. The Morgan fingerprint density at radius 1 is 1.42 bits per heavy atom. The monoisotopic (exact) mass is 390 g/mol. The summed E-state index contributed by atoms with van der Waals surface area (Å²) in [7, 11) is 0. The van der Waals surface area contributed by atoms with Gasteiger partial charge in [0.2, 0.25) is 5.91 Å². The van der Waals surface area contributed by atoms with E-state index >= 15 is 0 Å². The van der Waals surface area contributed by atoms with E-state index in [1.54, 1.807) is 24.3 Å². The number of hydrogen-bond donors (Lipinski definition) is 2. The lowest BCUT2D eigenvalue weighted by atomic mass is 9.97. The van der Waals surface area contributed by atoms with E-state index in [4.69, 9.17) is 4.52 Å². The van der Waals surface area contributed by atoms with Crippen LogP contribution in [0, 0.1) is 6.92 Å². The van der Waals surface area contributed by atoms with E-state index in [9.17, 15) is 9.59 Å². The van der Waals surface area contributed by atoms with Crippen LogP contribution in [0.4, 0.5) is 5.82 Å². The predicted octanol–water partition coefficient (Wildman–Crippen LogP) is 3.03. The summed E-state index contributed by atoms with van der Waals surface area (Å²) in [5.41, 5.74) is 1.12. The molecule has 0 saturated heterocycles. The highest BCUT2D eigenvalue weighted by Crippen LogP contribution is 2.33. The average molecular weight is 390 g/mol. The Kier molecular flexibility index (Phi) is 4.82. The minimum absolute atomic E-state index is 0.0625. The SMILES string of the molecule is Cc1cc(NC(=O)CSCc2nc3sc4c(c3c(=O)[nH]2)CCCC4)no1. The van der Waals surface area contributed by atoms with Crippen LogP contribution in [0.1, 0.15) is 34.9 Å². The van der Waals surface area contributed by atoms with E-state index in [1.807, 2.05) is 0 Å². The first-order valence-corrected chi connectivity index (χ1v) is 10.4. The molecule has 0 saturated carbocycles. The van der Waals surface area contributed by atoms with Gasteiger partial charge in [0, 0.05) is 10.9 Å². The second kappa shape index (κ2) is 7.24. The number of thiophene rings is 1. The summed E-state index contributed by atoms with van der Waals surface area (Å²) in [4.78, 5) is 34.0. The van der Waals surface area contributed by atoms with Crippen LogP contribution in [-0.4, -0.2) is 26.8 Å². The second-order valence-corrected chi connectivity index (χ2v) is 8.34. The van der Waals surface area contributed by atoms with Crippen molar-refractivity contribution in [2.75, 3.05) is 11.1 Å². The van der Waals surface area contributed by atoms with Crippen LogP contribution in [0.3, 0.4) is 0 Å². The van der Waals surface area contributed by atoms with Crippen molar-refractivity contribution in [3.05, 3.63) is 38.4 Å². The van der Waals surface area contributed by atoms with Gasteiger partial charge in [-0.1, -0.05) is 5.16 Å². The van der Waals surface area contributed by atoms with Crippen LogP contribution >= 0.6 is 23.1 Å². The molecule has 3 aromatic heterocycles. The fourth-order valence-corrected chi connectivity index (χ4v) is 5.09. The highest BCUT2D eigenvalue weighted by Gasteiger charge is 2.19. The Balaban J connectivity index is 1.41. The molecule has 2 N–H and O–H groups in total. The van der Waals surface area contributed by atoms with Gasteiger partial charge in [0.1, 0.15) is 16.4 Å². The molecule has 1 amide bonds. The molecule has 0 atom stereocenters. The third-order valence-electron chi connectivity index (χ3n) is 4.24. The number of anilines is 1. The van der Waals surface area contributed by atoms with Gasteiger partial charge in [-0.2, -0.15) is 0 Å². The zero-order valence-electron chi connectivity index (χ0n) is 14.3. The number of nitrogens with zero attached hydrogens (tertiary/aromatic N) is 2. The lowest BCUT2D eigenvalue weighted by Crippen LogP contribution is -2.15. The summed E-state index contributed by atoms with van der Waals surface area (Å²) >= 11 is 3.03. The van der Waals surface area contributed by atoms with Crippen LogP contribution in [0.2, 0.25) is 0 Å². The molecular formula is C17H18N4O3S2. The molecule has 0 unspecified atom stereocenters. The second-order valence-electron chi connectivity index (χ2n) is 6.27. The number of H-pyrrole nitrogens is 1. The quantitative estimate of drug-likeness (QED) is 0.694. The van der Waals surface area contributed by atoms with Gasteiger partial charge in [-0.25, -0.2) is 4.98 Å². The van der Waals surface area contributed by atoms with Gasteiger partial charge < -0.3 is 14.8 Å². The molecule has 3 heterocycles. The van der Waals surface area contributed by atoms with E-state index in [-0.39, 0.29) is 17.2 Å². The van der Waals surface area contributed by atoms with Gasteiger partial charge in [-0.15, -0.1) is 23.1 Å². The number of rotatable bonds is 5. The summed E-state index contributed by atoms with van der Waals surface area (Å²) < 4.78 is 4.91. The average Bonchev–Trinajstić information content (AvgIpc) is 3.17. The van der Waals surface area contributed by atoms with Crippen LogP contribution in [0.5, 0.6) is 0 Å². The number of carbonyl (C=O) groups excluding carboxylic acids is 1. The topological polar surface area (TPSA) is 101 Å². The van der Waals surface area contributed by atoms with Gasteiger partial charge in [-0.05, 0) is 38.2 Å². The van der Waals surface area contributed by atoms with Gasteiger partial charge in [0.05, 0.1) is 16.9 Å². The zero-order valence-corrected chi connectivity index (χ0v) is 15.9. The number of aromatic nitrogens is 3. The maximum Gasteiger partial charge on any atom is 0.259 e. The van der Waals surface area contributed by atoms with Gasteiger partial charge >= 0.3 is 0 Å². The van der Waals surface area contributed by atoms with Gasteiger partial charge in [0.25, 0.3) is 5.56 Å². The molecule has 0 radical (unpaired) electrons. The lowest BCUT2D eigenvalue weighted by Gasteiger charge is -2.09. The number of amides is 1. The number of hydrogen-bond acceptors (Lipinski definition) is 7. The third-order valence-corrected chi connectivity index (χ3v) is 6.37. The molecule has 3 aromatic rings. The molecule has 136 valence electrons. The number of aromatic amines is 1. The van der Waals surface area contributed by atoms with E-state index in [0.29, 0.717) is 23.2 Å². The van der Waals surface area contributed by atoms with Crippen molar-refractivity contribution < 1.29 is 9.32 Å². The Morgan fingerprint density at radius 2 is 2.27 bits per heavy atom. The molecule has 7 nitrogen and oxygen atoms in total. The Labute approximate surface area is 157 Å². The molecule has 0 aliphatic heterocycles. The normalized spacial score (nSPS) is 13.7. The molecule has 1 aliphatic carbocycles. The van der Waals surface area contributed by atoms with E-state index in [1.165, 1.54) is 28.6 Å². The minimum atomic E-state index is -0.168. The summed E-state index contributed by atoms with van der Waals surface area (Å²) in [5.74, 6) is 2.20. The van der Waals surface area contributed by atoms with Crippen LogP contribution in [0.15, 0.2) is 15.4 Å². The summed E-state index contributed by atoms with van der Waals surface area (Å²) in [6.45, 7) is 1.76. The number of aryl methyl sites for hydroxylation is 3. The maximum atomic E-state index is 12.5. The molecule has 0 aromatic carbocycles. The first-order valence-electron chi connectivity index (χ1n) is 8.44. The molecule has 1 aliphatic rings.